The van der Waals surface area contributed by atoms with Gasteiger partial charge in [-0.15, -0.1) is 0 Å². The fourth-order valence-electron chi connectivity index (χ4n) is 7.77. The Labute approximate surface area is 326 Å². The average molecular weight is 687 g/mol. The van der Waals surface area contributed by atoms with Gasteiger partial charge in [0, 0.05) is 16.5 Å². The lowest BCUT2D eigenvalue weighted by Crippen LogP contribution is -1.92. The van der Waals surface area contributed by atoms with E-state index in [2.05, 4.69) is 0 Å². The van der Waals surface area contributed by atoms with Gasteiger partial charge in [-0.3, -0.25) is 0 Å². The zero-order valence-electron chi connectivity index (χ0n) is 41.8. The van der Waals surface area contributed by atoms with E-state index < -0.39 is 84.6 Å². The lowest BCUT2D eigenvalue weighted by atomic mass is 9.83. The molecule has 0 aliphatic carbocycles. The molecule has 0 amide bonds. The second-order valence-corrected chi connectivity index (χ2v) is 12.9. The van der Waals surface area contributed by atoms with Crippen molar-refractivity contribution in [3.8, 4) is 44.5 Å². The van der Waals surface area contributed by atoms with E-state index in [-0.39, 0.29) is 60.1 Å². The van der Waals surface area contributed by atoms with E-state index >= 15 is 0 Å². The van der Waals surface area contributed by atoms with Crippen molar-refractivity contribution >= 4 is 64.8 Å². The molecule has 0 saturated heterocycles. The summed E-state index contributed by atoms with van der Waals surface area (Å²) in [6, 6.07) is 23.1. The van der Waals surface area contributed by atoms with Crippen molar-refractivity contribution < 1.29 is 23.6 Å². The van der Waals surface area contributed by atoms with E-state index in [0.29, 0.717) is 21.9 Å². The Morgan fingerprint density at radius 1 is 0.340 bits per heavy atom. The molecule has 0 aliphatic rings. The van der Waals surface area contributed by atoms with Crippen LogP contribution in [0, 0.1) is 0 Å². The molecule has 0 atom stereocenters. The molecule has 11 aromatic rings. The fourth-order valence-corrected chi connectivity index (χ4v) is 7.77. The third-order valence-electron chi connectivity index (χ3n) is 10.1. The molecule has 0 saturated carbocycles. The van der Waals surface area contributed by atoms with E-state index in [1.165, 1.54) is 6.26 Å². The van der Waals surface area contributed by atoms with Gasteiger partial charge in [-0.25, -0.2) is 0 Å². The van der Waals surface area contributed by atoms with Gasteiger partial charge in [-0.2, -0.15) is 0 Å². The van der Waals surface area contributed by atoms with Crippen LogP contribution < -0.4 is 0 Å². The van der Waals surface area contributed by atoms with E-state index in [1.807, 2.05) is 97.1 Å². The molecule has 0 fully saturated rings. The quantitative estimate of drug-likeness (QED) is 0.133. The molecule has 0 spiro atoms. The van der Waals surface area contributed by atoms with Crippen LogP contribution in [0.2, 0.25) is 0 Å². The zero-order chi connectivity index (χ0) is 47.1. The van der Waals surface area contributed by atoms with Crippen molar-refractivity contribution in [2.75, 3.05) is 0 Å². The van der Waals surface area contributed by atoms with Crippen molar-refractivity contribution in [3.63, 3.8) is 0 Å². The number of benzene rings is 10. The van der Waals surface area contributed by atoms with Crippen molar-refractivity contribution in [2.24, 2.45) is 0 Å². The topological polar surface area (TPSA) is 13.1 Å². The maximum absolute atomic E-state index is 9.69. The van der Waals surface area contributed by atoms with Crippen LogP contribution in [0.4, 0.5) is 0 Å². The summed E-state index contributed by atoms with van der Waals surface area (Å²) in [5.74, 6) is 0. The molecule has 246 valence electrons. The predicted octanol–water partition coefficient (Wildman–Crippen LogP) is 14.9. The van der Waals surface area contributed by atoms with Crippen molar-refractivity contribution in [3.05, 3.63) is 194 Å². The average Bonchev–Trinajstić information content (AvgIpc) is 3.77. The highest BCUT2D eigenvalue weighted by atomic mass is 16.3. The molecule has 1 heteroatoms. The number of hydrogen-bond donors (Lipinski definition) is 0. The van der Waals surface area contributed by atoms with Gasteiger partial charge < -0.3 is 4.42 Å². The molecule has 0 bridgehead atoms. The first-order valence-electron chi connectivity index (χ1n) is 24.1. The van der Waals surface area contributed by atoms with Crippen molar-refractivity contribution in [1.29, 1.82) is 0 Å². The monoisotopic (exact) mass is 686 g/mol. The first-order valence-corrected chi connectivity index (χ1v) is 17.1. The maximum Gasteiger partial charge on any atom is 0.134 e. The molecule has 1 nitrogen and oxygen atoms in total. The summed E-state index contributed by atoms with van der Waals surface area (Å²) in [6.45, 7) is 0. The van der Waals surface area contributed by atoms with Crippen LogP contribution in [-0.4, -0.2) is 0 Å². The molecule has 0 aliphatic heterocycles. The standard InChI is InChI=1S/C52H32O/c1-2-14-33(15-3-1)34-28-29-50-48(30-34)49(32-53-50)52-45-22-10-8-20-43(45)51(44-21-9-11-23-46(44)52)42-27-13-24-38-39(42)25-12-26-41(38)47-31-35-16-4-5-17-36(35)37-18-6-7-19-40(37)47/h1-32H/i8D,9D,10D,11D,12D,13D,20D,21D,22D,23D,24D,25D,26D,27D. The summed E-state index contributed by atoms with van der Waals surface area (Å²) in [5.41, 5.74) is 2.02. The molecule has 10 aromatic carbocycles. The summed E-state index contributed by atoms with van der Waals surface area (Å²) >= 11 is 0. The molecule has 53 heavy (non-hydrogen) atoms. The number of furan rings is 1. The second kappa shape index (κ2) is 11.8. The first kappa shape index (κ1) is 19.0. The Bertz CT molecular complexity index is 3950. The van der Waals surface area contributed by atoms with Crippen LogP contribution in [0.25, 0.3) is 109 Å². The van der Waals surface area contributed by atoms with Gasteiger partial charge in [0.1, 0.15) is 5.58 Å². The molecule has 1 aromatic heterocycles. The Morgan fingerprint density at radius 2 is 0.906 bits per heavy atom. The molecular formula is C52H32O. The van der Waals surface area contributed by atoms with Gasteiger partial charge in [-0.1, -0.05) is 170 Å². The highest BCUT2D eigenvalue weighted by Crippen LogP contribution is 2.48. The first-order chi connectivity index (χ1) is 32.1. The van der Waals surface area contributed by atoms with Crippen LogP contribution in [0.15, 0.2) is 198 Å². The van der Waals surface area contributed by atoms with Gasteiger partial charge in [0.25, 0.3) is 0 Å². The van der Waals surface area contributed by atoms with Gasteiger partial charge >= 0.3 is 0 Å². The number of hydrogen-bond acceptors (Lipinski definition) is 1. The zero-order valence-corrected chi connectivity index (χ0v) is 27.8. The Morgan fingerprint density at radius 3 is 1.62 bits per heavy atom. The normalized spacial score (nSPS) is 15.5. The summed E-state index contributed by atoms with van der Waals surface area (Å²) < 4.78 is 137. The summed E-state index contributed by atoms with van der Waals surface area (Å²) in [5, 5.41) is 2.22. The molecule has 0 unspecified atom stereocenters. The van der Waals surface area contributed by atoms with Crippen LogP contribution >= 0.6 is 0 Å². The molecule has 11 rings (SSSR count). The van der Waals surface area contributed by atoms with Gasteiger partial charge in [0.05, 0.1) is 25.5 Å². The third-order valence-corrected chi connectivity index (χ3v) is 10.1. The third kappa shape index (κ3) is 4.58. The Kier molecular flexibility index (Phi) is 4.24. The highest BCUT2D eigenvalue weighted by Gasteiger charge is 2.21. The minimum atomic E-state index is -0.698. The van der Waals surface area contributed by atoms with E-state index in [1.54, 1.807) is 6.07 Å². The maximum atomic E-state index is 9.69. The lowest BCUT2D eigenvalue weighted by molar-refractivity contribution is 0.617. The second-order valence-electron chi connectivity index (χ2n) is 12.9. The van der Waals surface area contributed by atoms with Crippen LogP contribution in [0.1, 0.15) is 19.2 Å². The largest absolute Gasteiger partial charge is 0.464 e. The number of rotatable bonds is 4. The molecule has 1 heterocycles. The molecule has 0 N–H and O–H groups in total. The van der Waals surface area contributed by atoms with E-state index in [0.717, 1.165) is 27.3 Å². The van der Waals surface area contributed by atoms with Gasteiger partial charge in [0.2, 0.25) is 0 Å². The van der Waals surface area contributed by atoms with E-state index in [4.69, 9.17) is 9.90 Å². The highest BCUT2D eigenvalue weighted by molar-refractivity contribution is 6.26. The predicted molar refractivity (Wildman–Crippen MR) is 225 cm³/mol. The Hall–Kier alpha value is -6.96. The van der Waals surface area contributed by atoms with Crippen LogP contribution in [0.5, 0.6) is 0 Å². The van der Waals surface area contributed by atoms with Gasteiger partial charge in [-0.05, 0) is 105 Å². The fraction of sp³-hybridized carbons (Fsp3) is 0. The lowest BCUT2D eigenvalue weighted by Gasteiger charge is -2.19. The van der Waals surface area contributed by atoms with Crippen LogP contribution in [-0.2, 0) is 0 Å². The minimum absolute atomic E-state index is 0.000184. The smallest absolute Gasteiger partial charge is 0.134 e. The summed E-state index contributed by atoms with van der Waals surface area (Å²) in [4.78, 5) is 0. The summed E-state index contributed by atoms with van der Waals surface area (Å²) in [6.07, 6.45) is 1.38. The molecule has 0 radical (unpaired) electrons. The van der Waals surface area contributed by atoms with Crippen molar-refractivity contribution in [2.45, 2.75) is 0 Å². The SMILES string of the molecule is [2H]c1c([2H])c(-c2c3c([2H])c([2H])c([2H])c([2H])c3c(-c3coc4ccc(-c5ccccc5)cc34)c3c([2H])c([2H])c([2H])c([2H])c23)c2c([2H])c([2H])c([2H])c(-c3cc4ccccc4c4ccccc34)c2c1[2H]. The minimum Gasteiger partial charge on any atom is -0.464 e. The molecular weight excluding hydrogens is 641 g/mol. The Balaban J connectivity index is 1.40. The van der Waals surface area contributed by atoms with E-state index in [9.17, 15) is 13.7 Å². The summed E-state index contributed by atoms with van der Waals surface area (Å²) in [7, 11) is 0. The van der Waals surface area contributed by atoms with Crippen LogP contribution in [0.3, 0.4) is 0 Å². The van der Waals surface area contributed by atoms with Crippen molar-refractivity contribution in [1.82, 2.24) is 0 Å². The van der Waals surface area contributed by atoms with Gasteiger partial charge in [0.15, 0.2) is 0 Å². The number of fused-ring (bicyclic) bond motifs is 7.